The van der Waals surface area contributed by atoms with E-state index >= 15 is 0 Å². The van der Waals surface area contributed by atoms with E-state index < -0.39 is 12.2 Å². The molecule has 0 saturated heterocycles. The first-order valence-corrected chi connectivity index (χ1v) is 6.16. The molecule has 1 aromatic heterocycles. The SMILES string of the molecule is Cc1n[nH]c(=S)n(/N=C\c2ccc(OC(F)F)cc2)c1=O. The van der Waals surface area contributed by atoms with Crippen molar-refractivity contribution < 1.29 is 13.5 Å². The molecular weight excluding hydrogens is 302 g/mol. The second-order valence-corrected chi connectivity index (χ2v) is 4.31. The van der Waals surface area contributed by atoms with Gasteiger partial charge in [-0.25, -0.2) is 0 Å². The minimum atomic E-state index is -2.87. The van der Waals surface area contributed by atoms with E-state index in [0.29, 0.717) is 5.56 Å². The Labute approximate surface area is 122 Å². The highest BCUT2D eigenvalue weighted by atomic mass is 32.1. The first kappa shape index (κ1) is 15.0. The molecule has 2 aromatic rings. The zero-order chi connectivity index (χ0) is 15.4. The lowest BCUT2D eigenvalue weighted by molar-refractivity contribution is -0.0498. The molecule has 0 unspecified atom stereocenters. The normalized spacial score (nSPS) is 11.2. The van der Waals surface area contributed by atoms with E-state index in [1.807, 2.05) is 0 Å². The predicted octanol–water partition coefficient (Wildman–Crippen LogP) is 2.09. The molecule has 0 saturated carbocycles. The van der Waals surface area contributed by atoms with Crippen molar-refractivity contribution in [3.8, 4) is 5.75 Å². The van der Waals surface area contributed by atoms with Gasteiger partial charge in [0.2, 0.25) is 4.77 Å². The number of aromatic amines is 1. The van der Waals surface area contributed by atoms with Crippen molar-refractivity contribution in [1.29, 1.82) is 0 Å². The van der Waals surface area contributed by atoms with Crippen LogP contribution in [0.3, 0.4) is 0 Å². The van der Waals surface area contributed by atoms with Crippen LogP contribution in [0.5, 0.6) is 5.75 Å². The maximum Gasteiger partial charge on any atom is 0.387 e. The van der Waals surface area contributed by atoms with Crippen molar-refractivity contribution in [1.82, 2.24) is 14.9 Å². The number of alkyl halides is 2. The molecule has 0 amide bonds. The van der Waals surface area contributed by atoms with Gasteiger partial charge in [-0.15, -0.1) is 0 Å². The molecule has 21 heavy (non-hydrogen) atoms. The quantitative estimate of drug-likeness (QED) is 0.693. The zero-order valence-electron chi connectivity index (χ0n) is 10.8. The Hall–Kier alpha value is -2.42. The molecule has 6 nitrogen and oxygen atoms in total. The molecule has 0 spiro atoms. The molecule has 0 fully saturated rings. The van der Waals surface area contributed by atoms with E-state index in [0.717, 1.165) is 4.68 Å². The second-order valence-electron chi connectivity index (χ2n) is 3.92. The van der Waals surface area contributed by atoms with Gasteiger partial charge in [-0.1, -0.05) is 0 Å². The van der Waals surface area contributed by atoms with Crippen LogP contribution in [0.15, 0.2) is 34.2 Å². The average Bonchev–Trinajstić information content (AvgIpc) is 2.44. The molecule has 110 valence electrons. The molecule has 0 bridgehead atoms. The minimum Gasteiger partial charge on any atom is -0.435 e. The fourth-order valence-corrected chi connectivity index (χ4v) is 1.61. The van der Waals surface area contributed by atoms with Gasteiger partial charge in [0.15, 0.2) is 0 Å². The van der Waals surface area contributed by atoms with Crippen molar-refractivity contribution in [3.63, 3.8) is 0 Å². The lowest BCUT2D eigenvalue weighted by Gasteiger charge is -2.03. The van der Waals surface area contributed by atoms with Crippen LogP contribution in [0, 0.1) is 11.7 Å². The number of ether oxygens (including phenoxy) is 1. The molecule has 1 aromatic carbocycles. The van der Waals surface area contributed by atoms with Crippen LogP contribution >= 0.6 is 12.2 Å². The molecule has 9 heteroatoms. The first-order chi connectivity index (χ1) is 9.97. The van der Waals surface area contributed by atoms with Crippen LogP contribution in [-0.2, 0) is 0 Å². The number of halogens is 2. The number of nitrogens with zero attached hydrogens (tertiary/aromatic N) is 3. The lowest BCUT2D eigenvalue weighted by atomic mass is 10.2. The largest absolute Gasteiger partial charge is 0.435 e. The summed E-state index contributed by atoms with van der Waals surface area (Å²) in [5, 5.41) is 10.1. The third-order valence-electron chi connectivity index (χ3n) is 2.44. The van der Waals surface area contributed by atoms with E-state index in [2.05, 4.69) is 20.0 Å². The molecule has 0 aliphatic carbocycles. The second kappa shape index (κ2) is 6.35. The van der Waals surface area contributed by atoms with Gasteiger partial charge < -0.3 is 4.74 Å². The third kappa shape index (κ3) is 3.78. The topological polar surface area (TPSA) is 72.3 Å². The number of rotatable bonds is 4. The van der Waals surface area contributed by atoms with Crippen molar-refractivity contribution in [2.24, 2.45) is 5.10 Å². The van der Waals surface area contributed by atoms with E-state index in [1.54, 1.807) is 0 Å². The highest BCUT2D eigenvalue weighted by Crippen LogP contribution is 2.13. The van der Waals surface area contributed by atoms with Crippen molar-refractivity contribution in [2.75, 3.05) is 0 Å². The number of H-pyrrole nitrogens is 1. The van der Waals surface area contributed by atoms with Gasteiger partial charge in [0.1, 0.15) is 11.4 Å². The van der Waals surface area contributed by atoms with Crippen LogP contribution in [0.1, 0.15) is 11.3 Å². The molecule has 2 rings (SSSR count). The van der Waals surface area contributed by atoms with Crippen molar-refractivity contribution >= 4 is 18.4 Å². The molecule has 0 radical (unpaired) electrons. The number of hydrogen-bond donors (Lipinski definition) is 1. The smallest absolute Gasteiger partial charge is 0.387 e. The fourth-order valence-electron chi connectivity index (χ4n) is 1.44. The summed E-state index contributed by atoms with van der Waals surface area (Å²) in [6.07, 6.45) is 1.37. The Kier molecular flexibility index (Phi) is 4.53. The predicted molar refractivity (Wildman–Crippen MR) is 74.5 cm³/mol. The summed E-state index contributed by atoms with van der Waals surface area (Å²) in [7, 11) is 0. The number of hydrogen-bond acceptors (Lipinski definition) is 5. The van der Waals surface area contributed by atoms with Gasteiger partial charge >= 0.3 is 6.61 Å². The standard InChI is InChI=1S/C12H10F2N4O2S/c1-7-10(19)18(12(21)17-16-7)15-6-8-2-4-9(5-3-8)20-11(13)14/h2-6,11H,1H3,(H,17,21)/b15-6-. The molecule has 0 aliphatic rings. The van der Waals surface area contributed by atoms with Crippen LogP contribution in [0.4, 0.5) is 8.78 Å². The lowest BCUT2D eigenvalue weighted by Crippen LogP contribution is -2.22. The third-order valence-corrected chi connectivity index (χ3v) is 2.71. The Morgan fingerprint density at radius 2 is 2.10 bits per heavy atom. The Morgan fingerprint density at radius 1 is 1.43 bits per heavy atom. The van der Waals surface area contributed by atoms with E-state index in [-0.39, 0.29) is 16.2 Å². The first-order valence-electron chi connectivity index (χ1n) is 5.75. The minimum absolute atomic E-state index is 0.0383. The highest BCUT2D eigenvalue weighted by Gasteiger charge is 2.03. The van der Waals surface area contributed by atoms with Gasteiger partial charge in [0.25, 0.3) is 5.56 Å². The average molecular weight is 312 g/mol. The zero-order valence-corrected chi connectivity index (χ0v) is 11.6. The summed E-state index contributed by atoms with van der Waals surface area (Å²) in [6, 6.07) is 5.78. The van der Waals surface area contributed by atoms with Crippen molar-refractivity contribution in [3.05, 3.63) is 50.6 Å². The van der Waals surface area contributed by atoms with Gasteiger partial charge in [-0.2, -0.15) is 23.7 Å². The van der Waals surface area contributed by atoms with E-state index in [9.17, 15) is 13.6 Å². The number of nitrogens with one attached hydrogen (secondary N) is 1. The van der Waals surface area contributed by atoms with E-state index in [1.165, 1.54) is 37.4 Å². The summed E-state index contributed by atoms with van der Waals surface area (Å²) in [5.41, 5.74) is 0.376. The van der Waals surface area contributed by atoms with Crippen molar-refractivity contribution in [2.45, 2.75) is 13.5 Å². The molecule has 0 aliphatic heterocycles. The highest BCUT2D eigenvalue weighted by molar-refractivity contribution is 7.71. The van der Waals surface area contributed by atoms with Crippen LogP contribution in [0.25, 0.3) is 0 Å². The summed E-state index contributed by atoms with van der Waals surface area (Å²) >= 11 is 4.91. The molecule has 0 atom stereocenters. The fraction of sp³-hybridized carbons (Fsp3) is 0.167. The number of aromatic nitrogens is 3. The molecule has 1 heterocycles. The Morgan fingerprint density at radius 3 is 2.71 bits per heavy atom. The maximum absolute atomic E-state index is 12.0. The summed E-state index contributed by atoms with van der Waals surface area (Å²) in [6.45, 7) is -1.35. The van der Waals surface area contributed by atoms with Crippen LogP contribution in [-0.4, -0.2) is 27.7 Å². The summed E-state index contributed by atoms with van der Waals surface area (Å²) < 4.78 is 29.3. The number of aryl methyl sites for hydroxylation is 1. The van der Waals surface area contributed by atoms with E-state index in [4.69, 9.17) is 12.2 Å². The monoisotopic (exact) mass is 312 g/mol. The molecule has 1 N–H and O–H groups in total. The maximum atomic E-state index is 12.0. The van der Waals surface area contributed by atoms with Gasteiger partial charge in [0.05, 0.1) is 6.21 Å². The number of benzene rings is 1. The van der Waals surface area contributed by atoms with Gasteiger partial charge in [0, 0.05) is 0 Å². The van der Waals surface area contributed by atoms with Crippen LogP contribution in [0.2, 0.25) is 0 Å². The van der Waals surface area contributed by atoms with Gasteiger partial charge in [-0.05, 0) is 49.0 Å². The Balaban J connectivity index is 2.24. The summed E-state index contributed by atoms with van der Waals surface area (Å²) in [4.78, 5) is 11.8. The van der Waals surface area contributed by atoms with Gasteiger partial charge in [-0.3, -0.25) is 9.89 Å². The Bertz CT molecular complexity index is 768. The van der Waals surface area contributed by atoms with Crippen LogP contribution < -0.4 is 10.3 Å². The summed E-state index contributed by atoms with van der Waals surface area (Å²) in [5.74, 6) is 0.0383. The molecular formula is C12H10F2N4O2S.